The molecule has 1 unspecified atom stereocenters. The maximum Gasteiger partial charge on any atom is 0.261 e. The van der Waals surface area contributed by atoms with Crippen LogP contribution in [0.1, 0.15) is 38.5 Å². The Morgan fingerprint density at radius 2 is 1.94 bits per heavy atom. The number of halogens is 1. The van der Waals surface area contributed by atoms with E-state index in [1.165, 1.54) is 32.0 Å². The van der Waals surface area contributed by atoms with Gasteiger partial charge < -0.3 is 15.2 Å². The normalized spacial score (nSPS) is 16.6. The minimum atomic E-state index is -3.90. The SMILES string of the molecule is CC(C)(CF)C(=O)Nc1cccc(NS(=O)(=O)c2ccc(-c3noc(C4CCCNC4)n3)cc2)c1. The number of carbonyl (C=O) groups is 1. The summed E-state index contributed by atoms with van der Waals surface area (Å²) in [4.78, 5) is 16.7. The summed E-state index contributed by atoms with van der Waals surface area (Å²) < 4.78 is 46.8. The second kappa shape index (κ2) is 10.1. The van der Waals surface area contributed by atoms with Crippen molar-refractivity contribution in [2.45, 2.75) is 37.5 Å². The fourth-order valence-corrected chi connectivity index (χ4v) is 4.65. The number of aromatic nitrogens is 2. The van der Waals surface area contributed by atoms with E-state index in [1.54, 1.807) is 30.3 Å². The van der Waals surface area contributed by atoms with E-state index in [0.717, 1.165) is 25.9 Å². The van der Waals surface area contributed by atoms with Crippen LogP contribution in [0.4, 0.5) is 15.8 Å². The Morgan fingerprint density at radius 1 is 1.20 bits per heavy atom. The van der Waals surface area contributed by atoms with Crippen LogP contribution >= 0.6 is 0 Å². The molecule has 0 radical (unpaired) electrons. The third kappa shape index (κ3) is 5.85. The average molecular weight is 502 g/mol. The molecule has 1 saturated heterocycles. The minimum absolute atomic E-state index is 0.0504. The molecule has 0 bridgehead atoms. The molecule has 2 heterocycles. The highest BCUT2D eigenvalue weighted by molar-refractivity contribution is 7.92. The molecule has 186 valence electrons. The van der Waals surface area contributed by atoms with Crippen molar-refractivity contribution in [3.63, 3.8) is 0 Å². The molecule has 1 fully saturated rings. The fraction of sp³-hybridized carbons (Fsp3) is 0.375. The van der Waals surface area contributed by atoms with Crippen LogP contribution in [-0.4, -0.2) is 44.2 Å². The van der Waals surface area contributed by atoms with Crippen LogP contribution in [0.3, 0.4) is 0 Å². The number of alkyl halides is 1. The first-order valence-corrected chi connectivity index (χ1v) is 12.8. The van der Waals surface area contributed by atoms with Crippen molar-refractivity contribution in [1.82, 2.24) is 15.5 Å². The molecular weight excluding hydrogens is 473 g/mol. The molecule has 1 atom stereocenters. The maximum absolute atomic E-state index is 13.1. The van der Waals surface area contributed by atoms with E-state index in [9.17, 15) is 17.6 Å². The zero-order chi connectivity index (χ0) is 25.1. The van der Waals surface area contributed by atoms with Gasteiger partial charge in [0.15, 0.2) is 0 Å². The molecule has 11 heteroatoms. The lowest BCUT2D eigenvalue weighted by molar-refractivity contribution is -0.124. The molecule has 1 aliphatic heterocycles. The Morgan fingerprint density at radius 3 is 2.63 bits per heavy atom. The second-order valence-electron chi connectivity index (χ2n) is 9.18. The summed E-state index contributed by atoms with van der Waals surface area (Å²) in [6.07, 6.45) is 2.03. The number of anilines is 2. The number of hydrogen-bond acceptors (Lipinski definition) is 7. The van der Waals surface area contributed by atoms with Gasteiger partial charge in [0, 0.05) is 17.8 Å². The Balaban J connectivity index is 1.45. The molecule has 1 amide bonds. The standard InChI is InChI=1S/C24H28FN5O4S/c1-24(2,15-25)23(31)27-18-6-3-7-19(13-18)30-35(32,33)20-10-8-16(9-11-20)21-28-22(34-29-21)17-5-4-12-26-14-17/h3,6-11,13,17,26,30H,4-5,12,14-15H2,1-2H3,(H,27,31). The van der Waals surface area contributed by atoms with Crippen molar-refractivity contribution >= 4 is 27.3 Å². The van der Waals surface area contributed by atoms with Crippen LogP contribution in [-0.2, 0) is 14.8 Å². The third-order valence-electron chi connectivity index (χ3n) is 5.83. The Bertz CT molecular complexity index is 1290. The molecular formula is C24H28FN5O4S. The Labute approximate surface area is 203 Å². The van der Waals surface area contributed by atoms with Crippen LogP contribution in [0.25, 0.3) is 11.4 Å². The summed E-state index contributed by atoms with van der Waals surface area (Å²) in [5, 5.41) is 9.96. The third-order valence-corrected chi connectivity index (χ3v) is 7.23. The summed E-state index contributed by atoms with van der Waals surface area (Å²) in [5.41, 5.74) is 0.0641. The number of carbonyl (C=O) groups excluding carboxylic acids is 1. The van der Waals surface area contributed by atoms with Crippen molar-refractivity contribution in [3.8, 4) is 11.4 Å². The number of sulfonamides is 1. The van der Waals surface area contributed by atoms with Gasteiger partial charge in [-0.3, -0.25) is 9.52 Å². The highest BCUT2D eigenvalue weighted by Gasteiger charge is 2.28. The molecule has 1 aromatic heterocycles. The number of benzene rings is 2. The number of nitrogens with one attached hydrogen (secondary N) is 3. The molecule has 4 rings (SSSR count). The molecule has 3 aromatic rings. The molecule has 0 saturated carbocycles. The largest absolute Gasteiger partial charge is 0.339 e. The van der Waals surface area contributed by atoms with Gasteiger partial charge in [-0.2, -0.15) is 4.98 Å². The van der Waals surface area contributed by atoms with E-state index in [-0.39, 0.29) is 16.5 Å². The Kier molecular flexibility index (Phi) is 7.18. The lowest BCUT2D eigenvalue weighted by atomic mass is 9.94. The number of amides is 1. The highest BCUT2D eigenvalue weighted by atomic mass is 32.2. The van der Waals surface area contributed by atoms with Gasteiger partial charge in [0.05, 0.1) is 21.9 Å². The first-order valence-electron chi connectivity index (χ1n) is 11.3. The van der Waals surface area contributed by atoms with Gasteiger partial charge in [0.2, 0.25) is 17.6 Å². The van der Waals surface area contributed by atoms with E-state index in [0.29, 0.717) is 23.0 Å². The van der Waals surface area contributed by atoms with Crippen LogP contribution in [0, 0.1) is 5.41 Å². The van der Waals surface area contributed by atoms with Crippen LogP contribution < -0.4 is 15.4 Å². The van der Waals surface area contributed by atoms with Gasteiger partial charge in [-0.05, 0) is 75.7 Å². The molecule has 2 aromatic carbocycles. The Hall–Kier alpha value is -3.31. The lowest BCUT2D eigenvalue weighted by Gasteiger charge is -2.19. The van der Waals surface area contributed by atoms with Gasteiger partial charge in [-0.1, -0.05) is 11.2 Å². The fourth-order valence-electron chi connectivity index (χ4n) is 3.60. The molecule has 3 N–H and O–H groups in total. The van der Waals surface area contributed by atoms with Crippen molar-refractivity contribution in [2.75, 3.05) is 29.8 Å². The first-order chi connectivity index (χ1) is 16.7. The predicted molar refractivity (Wildman–Crippen MR) is 130 cm³/mol. The smallest absolute Gasteiger partial charge is 0.261 e. The maximum atomic E-state index is 13.1. The van der Waals surface area contributed by atoms with E-state index in [1.807, 2.05) is 0 Å². The summed E-state index contributed by atoms with van der Waals surface area (Å²) >= 11 is 0. The molecule has 1 aliphatic rings. The summed E-state index contributed by atoms with van der Waals surface area (Å²) in [5.74, 6) is 0.659. The zero-order valence-corrected chi connectivity index (χ0v) is 20.4. The number of nitrogens with zero attached hydrogens (tertiary/aromatic N) is 2. The van der Waals surface area contributed by atoms with Gasteiger partial charge in [0.25, 0.3) is 10.0 Å². The van der Waals surface area contributed by atoms with Gasteiger partial charge in [-0.25, -0.2) is 12.8 Å². The van der Waals surface area contributed by atoms with Crippen LogP contribution in [0.15, 0.2) is 57.9 Å². The van der Waals surface area contributed by atoms with E-state index in [4.69, 9.17) is 4.52 Å². The predicted octanol–water partition coefficient (Wildman–Crippen LogP) is 3.94. The molecule has 0 aliphatic carbocycles. The van der Waals surface area contributed by atoms with E-state index in [2.05, 4.69) is 25.5 Å². The zero-order valence-electron chi connectivity index (χ0n) is 19.5. The van der Waals surface area contributed by atoms with E-state index < -0.39 is 28.0 Å². The molecule has 35 heavy (non-hydrogen) atoms. The van der Waals surface area contributed by atoms with Crippen LogP contribution in [0.2, 0.25) is 0 Å². The van der Waals surface area contributed by atoms with Crippen molar-refractivity contribution in [1.29, 1.82) is 0 Å². The highest BCUT2D eigenvalue weighted by Crippen LogP contribution is 2.26. The summed E-state index contributed by atoms with van der Waals surface area (Å²) in [7, 11) is -3.90. The number of rotatable bonds is 8. The monoisotopic (exact) mass is 501 g/mol. The lowest BCUT2D eigenvalue weighted by Crippen LogP contribution is -2.32. The second-order valence-corrected chi connectivity index (χ2v) is 10.9. The van der Waals surface area contributed by atoms with Crippen molar-refractivity contribution in [2.24, 2.45) is 5.41 Å². The van der Waals surface area contributed by atoms with Crippen LogP contribution in [0.5, 0.6) is 0 Å². The van der Waals surface area contributed by atoms with Crippen molar-refractivity contribution in [3.05, 3.63) is 54.4 Å². The van der Waals surface area contributed by atoms with Gasteiger partial charge in [0.1, 0.15) is 6.67 Å². The average Bonchev–Trinajstić information content (AvgIpc) is 3.35. The number of piperidine rings is 1. The van der Waals surface area contributed by atoms with E-state index >= 15 is 0 Å². The topological polar surface area (TPSA) is 126 Å². The molecule has 9 nitrogen and oxygen atoms in total. The molecule has 0 spiro atoms. The van der Waals surface area contributed by atoms with Gasteiger partial charge in [-0.15, -0.1) is 0 Å². The quantitative estimate of drug-likeness (QED) is 0.427. The van der Waals surface area contributed by atoms with Gasteiger partial charge >= 0.3 is 0 Å². The first kappa shape index (κ1) is 24.8. The summed E-state index contributed by atoms with van der Waals surface area (Å²) in [6, 6.07) is 12.4. The minimum Gasteiger partial charge on any atom is -0.339 e. The van der Waals surface area contributed by atoms with Crippen molar-refractivity contribution < 1.29 is 22.1 Å². The number of hydrogen-bond donors (Lipinski definition) is 3. The summed E-state index contributed by atoms with van der Waals surface area (Å²) in [6.45, 7) is 3.94.